The zero-order chi connectivity index (χ0) is 15.6. The molecule has 0 aliphatic rings. The van der Waals surface area contributed by atoms with Crippen LogP contribution in [-0.4, -0.2) is 31.4 Å². The van der Waals surface area contributed by atoms with E-state index in [4.69, 9.17) is 5.73 Å². The number of carbonyl (C=O) groups excluding carboxylic acids is 1. The molecule has 1 aromatic rings. The van der Waals surface area contributed by atoms with Crippen LogP contribution in [0.4, 0.5) is 5.82 Å². The lowest BCUT2D eigenvalue weighted by atomic mass is 10.1. The Morgan fingerprint density at radius 2 is 2.05 bits per heavy atom. The Kier molecular flexibility index (Phi) is 5.11. The third kappa shape index (κ3) is 5.06. The number of amides is 1. The molecule has 1 heterocycles. The molecule has 0 fully saturated rings. The Balaban J connectivity index is 2.81. The van der Waals surface area contributed by atoms with Gasteiger partial charge in [0.2, 0.25) is 15.9 Å². The minimum absolute atomic E-state index is 0.128. The van der Waals surface area contributed by atoms with Crippen molar-refractivity contribution in [3.63, 3.8) is 0 Å². The second-order valence-electron chi connectivity index (χ2n) is 5.16. The van der Waals surface area contributed by atoms with Crippen LogP contribution in [0.5, 0.6) is 0 Å². The van der Waals surface area contributed by atoms with Crippen molar-refractivity contribution >= 4 is 37.7 Å². The Hall–Kier alpha value is -1.19. The SMILES string of the molecule is CC(C)(C)NC(=O)CNS(=O)(=O)c1cc(Br)cnc1N. The largest absolute Gasteiger partial charge is 0.383 e. The number of nitrogens with two attached hydrogens (primary N) is 1. The van der Waals surface area contributed by atoms with Gasteiger partial charge >= 0.3 is 0 Å². The van der Waals surface area contributed by atoms with E-state index in [0.29, 0.717) is 4.47 Å². The first kappa shape index (κ1) is 16.9. The van der Waals surface area contributed by atoms with Gasteiger partial charge in [-0.1, -0.05) is 0 Å². The van der Waals surface area contributed by atoms with E-state index in [1.807, 2.05) is 0 Å². The summed E-state index contributed by atoms with van der Waals surface area (Å²) in [5, 5.41) is 2.65. The van der Waals surface area contributed by atoms with Gasteiger partial charge in [0, 0.05) is 16.2 Å². The number of anilines is 1. The molecule has 20 heavy (non-hydrogen) atoms. The monoisotopic (exact) mass is 364 g/mol. The fraction of sp³-hybridized carbons (Fsp3) is 0.455. The van der Waals surface area contributed by atoms with Gasteiger partial charge in [-0.2, -0.15) is 0 Å². The van der Waals surface area contributed by atoms with E-state index in [-0.39, 0.29) is 17.3 Å². The summed E-state index contributed by atoms with van der Waals surface area (Å²) < 4.78 is 26.7. The van der Waals surface area contributed by atoms with Crippen LogP contribution in [0.3, 0.4) is 0 Å². The second kappa shape index (κ2) is 6.06. The van der Waals surface area contributed by atoms with Crippen molar-refractivity contribution in [2.75, 3.05) is 12.3 Å². The second-order valence-corrected chi connectivity index (χ2v) is 7.81. The molecule has 0 aliphatic heterocycles. The zero-order valence-electron chi connectivity index (χ0n) is 11.4. The minimum atomic E-state index is -3.89. The smallest absolute Gasteiger partial charge is 0.244 e. The molecule has 0 unspecified atom stereocenters. The zero-order valence-corrected chi connectivity index (χ0v) is 13.8. The highest BCUT2D eigenvalue weighted by molar-refractivity contribution is 9.10. The molecule has 1 aromatic heterocycles. The maximum absolute atomic E-state index is 12.0. The van der Waals surface area contributed by atoms with Crippen LogP contribution in [0.1, 0.15) is 20.8 Å². The molecule has 0 saturated carbocycles. The van der Waals surface area contributed by atoms with E-state index >= 15 is 0 Å². The molecule has 4 N–H and O–H groups in total. The predicted molar refractivity (Wildman–Crippen MR) is 79.4 cm³/mol. The van der Waals surface area contributed by atoms with Crippen molar-refractivity contribution in [2.45, 2.75) is 31.2 Å². The van der Waals surface area contributed by atoms with Gasteiger partial charge in [0.15, 0.2) is 0 Å². The molecule has 9 heteroatoms. The number of pyridine rings is 1. The van der Waals surface area contributed by atoms with Gasteiger partial charge in [-0.25, -0.2) is 18.1 Å². The van der Waals surface area contributed by atoms with Gasteiger partial charge in [-0.3, -0.25) is 4.79 Å². The van der Waals surface area contributed by atoms with Gasteiger partial charge in [-0.05, 0) is 42.8 Å². The molecule has 0 bridgehead atoms. The lowest BCUT2D eigenvalue weighted by Crippen LogP contribution is -2.45. The number of aromatic nitrogens is 1. The Morgan fingerprint density at radius 1 is 1.45 bits per heavy atom. The molecular formula is C11H17BrN4O3S. The Morgan fingerprint density at radius 3 is 2.60 bits per heavy atom. The molecule has 1 amide bonds. The number of nitrogens with zero attached hydrogens (tertiary/aromatic N) is 1. The first-order valence-electron chi connectivity index (χ1n) is 5.73. The van der Waals surface area contributed by atoms with Crippen molar-refractivity contribution < 1.29 is 13.2 Å². The number of carbonyl (C=O) groups is 1. The number of rotatable bonds is 4. The van der Waals surface area contributed by atoms with Gasteiger partial charge in [0.1, 0.15) is 10.7 Å². The van der Waals surface area contributed by atoms with Crippen LogP contribution in [0.25, 0.3) is 0 Å². The lowest BCUT2D eigenvalue weighted by molar-refractivity contribution is -0.121. The number of hydrogen-bond donors (Lipinski definition) is 3. The summed E-state index contributed by atoms with van der Waals surface area (Å²) in [7, 11) is -3.89. The van der Waals surface area contributed by atoms with E-state index in [0.717, 1.165) is 0 Å². The van der Waals surface area contributed by atoms with Gasteiger partial charge < -0.3 is 11.1 Å². The van der Waals surface area contributed by atoms with Crippen LogP contribution in [0, 0.1) is 0 Å². The quantitative estimate of drug-likeness (QED) is 0.724. The van der Waals surface area contributed by atoms with Crippen molar-refractivity contribution in [2.24, 2.45) is 0 Å². The minimum Gasteiger partial charge on any atom is -0.383 e. The van der Waals surface area contributed by atoms with Crippen LogP contribution in [0.2, 0.25) is 0 Å². The maximum Gasteiger partial charge on any atom is 0.244 e. The van der Waals surface area contributed by atoms with Crippen LogP contribution >= 0.6 is 15.9 Å². The average Bonchev–Trinajstić information content (AvgIpc) is 2.27. The summed E-state index contributed by atoms with van der Waals surface area (Å²) in [4.78, 5) is 15.2. The molecule has 112 valence electrons. The van der Waals surface area contributed by atoms with Gasteiger partial charge in [-0.15, -0.1) is 0 Å². The molecule has 0 spiro atoms. The highest BCUT2D eigenvalue weighted by Crippen LogP contribution is 2.20. The number of nitrogens with one attached hydrogen (secondary N) is 2. The molecule has 1 rings (SSSR count). The Labute approximate surface area is 126 Å². The number of sulfonamides is 1. The summed E-state index contributed by atoms with van der Waals surface area (Å²) in [6, 6.07) is 1.33. The molecule has 7 nitrogen and oxygen atoms in total. The standard InChI is InChI=1S/C11H17BrN4O3S/c1-11(2,3)16-9(17)6-15-20(18,19)8-4-7(12)5-14-10(8)13/h4-5,15H,6H2,1-3H3,(H2,13,14)(H,16,17). The van der Waals surface area contributed by atoms with Crippen molar-refractivity contribution in [3.05, 3.63) is 16.7 Å². The number of hydrogen-bond acceptors (Lipinski definition) is 5. The normalized spacial score (nSPS) is 12.2. The van der Waals surface area contributed by atoms with Gasteiger partial charge in [0.25, 0.3) is 0 Å². The fourth-order valence-corrected chi connectivity index (χ4v) is 2.92. The van der Waals surface area contributed by atoms with Crippen molar-refractivity contribution in [3.8, 4) is 0 Å². The third-order valence-electron chi connectivity index (χ3n) is 2.08. The topological polar surface area (TPSA) is 114 Å². The molecule has 0 aromatic carbocycles. The van der Waals surface area contributed by atoms with Crippen LogP contribution < -0.4 is 15.8 Å². The third-order valence-corrected chi connectivity index (χ3v) is 3.94. The molecular weight excluding hydrogens is 348 g/mol. The molecule has 0 radical (unpaired) electrons. The first-order valence-corrected chi connectivity index (χ1v) is 8.00. The van der Waals surface area contributed by atoms with E-state index in [1.54, 1.807) is 20.8 Å². The first-order chi connectivity index (χ1) is 9.01. The van der Waals surface area contributed by atoms with Crippen molar-refractivity contribution in [1.82, 2.24) is 15.0 Å². The number of halogens is 1. The van der Waals surface area contributed by atoms with E-state index in [2.05, 4.69) is 31.0 Å². The maximum atomic E-state index is 12.0. The van der Waals surface area contributed by atoms with Gasteiger partial charge in [0.05, 0.1) is 6.54 Å². The van der Waals surface area contributed by atoms with E-state index in [9.17, 15) is 13.2 Å². The number of nitrogen functional groups attached to an aromatic ring is 1. The summed E-state index contributed by atoms with van der Waals surface area (Å²) >= 11 is 3.12. The Bertz CT molecular complexity index is 611. The molecule has 0 saturated heterocycles. The molecule has 0 aliphatic carbocycles. The van der Waals surface area contributed by atoms with E-state index < -0.39 is 21.5 Å². The lowest BCUT2D eigenvalue weighted by Gasteiger charge is -2.20. The predicted octanol–water partition coefficient (Wildman–Crippen LogP) is 0.619. The summed E-state index contributed by atoms with van der Waals surface area (Å²) in [6.07, 6.45) is 1.39. The molecule has 0 atom stereocenters. The van der Waals surface area contributed by atoms with Crippen molar-refractivity contribution in [1.29, 1.82) is 0 Å². The summed E-state index contributed by atoms with van der Waals surface area (Å²) in [6.45, 7) is 5.03. The fourth-order valence-electron chi connectivity index (χ4n) is 1.35. The average molecular weight is 365 g/mol. The highest BCUT2D eigenvalue weighted by Gasteiger charge is 2.21. The summed E-state index contributed by atoms with van der Waals surface area (Å²) in [5.74, 6) is -0.556. The van der Waals surface area contributed by atoms with Crippen LogP contribution in [-0.2, 0) is 14.8 Å². The highest BCUT2D eigenvalue weighted by atomic mass is 79.9. The summed E-state index contributed by atoms with van der Waals surface area (Å²) in [5.41, 5.74) is 5.10. The van der Waals surface area contributed by atoms with Crippen LogP contribution in [0.15, 0.2) is 21.6 Å². The van der Waals surface area contributed by atoms with E-state index in [1.165, 1.54) is 12.3 Å².